The Morgan fingerprint density at radius 3 is 2.38 bits per heavy atom. The molecule has 0 aliphatic rings. The second kappa shape index (κ2) is 4.34. The van der Waals surface area contributed by atoms with Gasteiger partial charge in [-0.2, -0.15) is 0 Å². The summed E-state index contributed by atoms with van der Waals surface area (Å²) < 4.78 is 0. The Hall–Kier alpha value is -2.83. The Kier molecular flexibility index (Phi) is 2.72. The Morgan fingerprint density at radius 1 is 1.05 bits per heavy atom. The van der Waals surface area contributed by atoms with Crippen molar-refractivity contribution in [1.82, 2.24) is 19.9 Å². The van der Waals surface area contributed by atoms with Crippen LogP contribution in [-0.2, 0) is 5.41 Å². The number of fused-ring (bicyclic) bond motifs is 1. The molecule has 2 heterocycles. The molecule has 0 fully saturated rings. The molecule has 0 unspecified atom stereocenters. The minimum atomic E-state index is -0.573. The van der Waals surface area contributed by atoms with Gasteiger partial charge in [0.1, 0.15) is 11.3 Å². The average molecular weight is 285 g/mol. The number of hydrogen-bond donors (Lipinski definition) is 4. The van der Waals surface area contributed by atoms with E-state index in [9.17, 15) is 9.59 Å². The fourth-order valence-corrected chi connectivity index (χ4v) is 2.26. The molecule has 21 heavy (non-hydrogen) atoms. The lowest BCUT2D eigenvalue weighted by atomic mass is 9.84. The molecule has 0 aliphatic carbocycles. The Balaban J connectivity index is 2.19. The average Bonchev–Trinajstić information content (AvgIpc) is 2.84. The topological polar surface area (TPSA) is 120 Å². The molecule has 0 atom stereocenters. The summed E-state index contributed by atoms with van der Waals surface area (Å²) in [6.45, 7) is 3.95. The van der Waals surface area contributed by atoms with Crippen LogP contribution in [0.2, 0.25) is 0 Å². The summed E-state index contributed by atoms with van der Waals surface area (Å²) >= 11 is 0. The van der Waals surface area contributed by atoms with Crippen molar-refractivity contribution in [1.29, 1.82) is 0 Å². The van der Waals surface area contributed by atoms with Gasteiger partial charge in [-0.1, -0.05) is 12.1 Å². The highest BCUT2D eigenvalue weighted by molar-refractivity contribution is 5.69. The highest BCUT2D eigenvalue weighted by Crippen LogP contribution is 2.30. The molecule has 108 valence electrons. The van der Waals surface area contributed by atoms with E-state index in [1.54, 1.807) is 0 Å². The van der Waals surface area contributed by atoms with Gasteiger partial charge in [0.05, 0.1) is 0 Å². The van der Waals surface area contributed by atoms with Crippen LogP contribution in [-0.4, -0.2) is 19.9 Å². The molecule has 3 aromatic rings. The van der Waals surface area contributed by atoms with Gasteiger partial charge in [0.2, 0.25) is 0 Å². The minimum Gasteiger partial charge on any atom is -0.399 e. The van der Waals surface area contributed by atoms with Crippen LogP contribution in [0.15, 0.2) is 33.9 Å². The molecule has 0 radical (unpaired) electrons. The quantitative estimate of drug-likeness (QED) is 0.521. The van der Waals surface area contributed by atoms with Gasteiger partial charge in [-0.05, 0) is 31.5 Å². The lowest BCUT2D eigenvalue weighted by Crippen LogP contribution is -2.22. The van der Waals surface area contributed by atoms with Gasteiger partial charge in [0, 0.05) is 11.1 Å². The number of aromatic nitrogens is 4. The van der Waals surface area contributed by atoms with Crippen LogP contribution in [0.1, 0.15) is 25.2 Å². The summed E-state index contributed by atoms with van der Waals surface area (Å²) in [5, 5.41) is 0. The number of nitrogens with two attached hydrogens (primary N) is 1. The first-order valence-electron chi connectivity index (χ1n) is 6.47. The van der Waals surface area contributed by atoms with Gasteiger partial charge in [0.25, 0.3) is 5.56 Å². The molecular formula is C14H15N5O2. The molecule has 3 rings (SSSR count). The first-order chi connectivity index (χ1) is 9.88. The summed E-state index contributed by atoms with van der Waals surface area (Å²) in [7, 11) is 0. The number of aromatic amines is 3. The molecule has 0 saturated carbocycles. The normalized spacial score (nSPS) is 11.9. The zero-order chi connectivity index (χ0) is 15.2. The van der Waals surface area contributed by atoms with Gasteiger partial charge in [-0.3, -0.25) is 14.8 Å². The van der Waals surface area contributed by atoms with Crippen molar-refractivity contribution in [3.63, 3.8) is 0 Å². The highest BCUT2D eigenvalue weighted by atomic mass is 16.2. The van der Waals surface area contributed by atoms with E-state index in [0.717, 1.165) is 5.56 Å². The molecular weight excluding hydrogens is 270 g/mol. The Bertz CT molecular complexity index is 915. The number of anilines is 1. The van der Waals surface area contributed by atoms with Crippen molar-refractivity contribution in [3.05, 3.63) is 56.5 Å². The number of imidazole rings is 1. The van der Waals surface area contributed by atoms with Crippen molar-refractivity contribution >= 4 is 16.9 Å². The number of nitrogen functional groups attached to an aromatic ring is 1. The number of hydrogen-bond acceptors (Lipinski definition) is 4. The SMILES string of the molecule is CC(C)(c1ccc(N)cc1)c1nc2[nH]c(=O)[nH]c(=O)c2[nH]1. The van der Waals surface area contributed by atoms with Gasteiger partial charge in [-0.25, -0.2) is 9.78 Å². The molecule has 0 bridgehead atoms. The largest absolute Gasteiger partial charge is 0.399 e. The predicted octanol–water partition coefficient (Wildman–Crippen LogP) is 0.848. The summed E-state index contributed by atoms with van der Waals surface area (Å²) in [5.74, 6) is 0.592. The van der Waals surface area contributed by atoms with Crippen LogP contribution in [0.3, 0.4) is 0 Å². The first kappa shape index (κ1) is 13.2. The zero-order valence-corrected chi connectivity index (χ0v) is 11.7. The van der Waals surface area contributed by atoms with Crippen LogP contribution < -0.4 is 17.0 Å². The van der Waals surface area contributed by atoms with Crippen molar-refractivity contribution in [2.75, 3.05) is 5.73 Å². The highest BCUT2D eigenvalue weighted by Gasteiger charge is 2.27. The van der Waals surface area contributed by atoms with E-state index >= 15 is 0 Å². The van der Waals surface area contributed by atoms with Crippen LogP contribution in [0.4, 0.5) is 5.69 Å². The number of rotatable bonds is 2. The monoisotopic (exact) mass is 285 g/mol. The second-order valence-corrected chi connectivity index (χ2v) is 5.46. The molecule has 5 N–H and O–H groups in total. The van der Waals surface area contributed by atoms with E-state index in [1.165, 1.54) is 0 Å². The van der Waals surface area contributed by atoms with Crippen LogP contribution in [0.5, 0.6) is 0 Å². The fourth-order valence-electron chi connectivity index (χ4n) is 2.26. The Labute approximate surface area is 119 Å². The van der Waals surface area contributed by atoms with Crippen LogP contribution >= 0.6 is 0 Å². The van der Waals surface area contributed by atoms with Gasteiger partial charge in [-0.15, -0.1) is 0 Å². The second-order valence-electron chi connectivity index (χ2n) is 5.46. The summed E-state index contributed by atoms with van der Waals surface area (Å²) in [6.07, 6.45) is 0. The first-order valence-corrected chi connectivity index (χ1v) is 6.47. The Morgan fingerprint density at radius 2 is 1.71 bits per heavy atom. The molecule has 0 amide bonds. The standard InChI is InChI=1S/C14H15N5O2/c1-14(2,7-3-5-8(15)6-4-7)12-16-9-10(17-12)18-13(21)19-11(9)20/h3-6H,15H2,1-2H3,(H3,16,17,18,19,20,21). The van der Waals surface area contributed by atoms with Crippen molar-refractivity contribution in [3.8, 4) is 0 Å². The lowest BCUT2D eigenvalue weighted by molar-refractivity contribution is 0.601. The third-order valence-corrected chi connectivity index (χ3v) is 3.61. The number of H-pyrrole nitrogens is 3. The van der Waals surface area contributed by atoms with E-state index in [1.807, 2.05) is 38.1 Å². The number of nitrogens with zero attached hydrogens (tertiary/aromatic N) is 1. The molecule has 1 aromatic carbocycles. The van der Waals surface area contributed by atoms with E-state index < -0.39 is 16.7 Å². The molecule has 0 aliphatic heterocycles. The van der Waals surface area contributed by atoms with E-state index in [4.69, 9.17) is 5.73 Å². The van der Waals surface area contributed by atoms with Crippen LogP contribution in [0.25, 0.3) is 11.2 Å². The predicted molar refractivity (Wildman–Crippen MR) is 80.3 cm³/mol. The van der Waals surface area contributed by atoms with Crippen molar-refractivity contribution in [2.24, 2.45) is 0 Å². The molecule has 7 heteroatoms. The molecule has 0 saturated heterocycles. The maximum atomic E-state index is 11.8. The van der Waals surface area contributed by atoms with Gasteiger partial charge in [0.15, 0.2) is 5.65 Å². The third-order valence-electron chi connectivity index (χ3n) is 3.61. The van der Waals surface area contributed by atoms with E-state index in [2.05, 4.69) is 19.9 Å². The van der Waals surface area contributed by atoms with Crippen LogP contribution in [0, 0.1) is 0 Å². The molecule has 0 spiro atoms. The summed E-state index contributed by atoms with van der Waals surface area (Å²) in [4.78, 5) is 35.1. The molecule has 7 nitrogen and oxygen atoms in total. The number of benzene rings is 1. The van der Waals surface area contributed by atoms with Gasteiger partial charge < -0.3 is 10.7 Å². The van der Waals surface area contributed by atoms with E-state index in [-0.39, 0.29) is 11.2 Å². The molecule has 2 aromatic heterocycles. The summed E-state index contributed by atoms with van der Waals surface area (Å²) in [6, 6.07) is 7.45. The maximum absolute atomic E-state index is 11.8. The maximum Gasteiger partial charge on any atom is 0.327 e. The lowest BCUT2D eigenvalue weighted by Gasteiger charge is -2.22. The van der Waals surface area contributed by atoms with Gasteiger partial charge >= 0.3 is 5.69 Å². The summed E-state index contributed by atoms with van der Waals surface area (Å²) in [5.41, 5.74) is 6.36. The smallest absolute Gasteiger partial charge is 0.327 e. The third kappa shape index (κ3) is 2.12. The van der Waals surface area contributed by atoms with Crippen molar-refractivity contribution < 1.29 is 0 Å². The van der Waals surface area contributed by atoms with Crippen molar-refractivity contribution in [2.45, 2.75) is 19.3 Å². The number of nitrogens with one attached hydrogen (secondary N) is 3. The zero-order valence-electron chi connectivity index (χ0n) is 11.7. The van der Waals surface area contributed by atoms with E-state index in [0.29, 0.717) is 11.5 Å². The minimum absolute atomic E-state index is 0.252. The fraction of sp³-hybridized carbons (Fsp3) is 0.214.